The van der Waals surface area contributed by atoms with E-state index in [1.54, 1.807) is 6.92 Å². The van der Waals surface area contributed by atoms with Crippen molar-refractivity contribution >= 4 is 50.8 Å². The Morgan fingerprint density at radius 1 is 0.881 bits per heavy atom. The maximum Gasteiger partial charge on any atom is 0.336 e. The van der Waals surface area contributed by atoms with Gasteiger partial charge in [-0.2, -0.15) is 0 Å². The molecule has 4 aromatic rings. The van der Waals surface area contributed by atoms with Gasteiger partial charge in [-0.05, 0) is 83.5 Å². The molecule has 0 fully saturated rings. The number of halogens is 1. The van der Waals surface area contributed by atoms with E-state index >= 15 is 0 Å². The highest BCUT2D eigenvalue weighted by molar-refractivity contribution is 14.1. The first-order valence-corrected chi connectivity index (χ1v) is 15.1. The molecule has 1 aliphatic carbocycles. The zero-order valence-corrected chi connectivity index (χ0v) is 25.8. The van der Waals surface area contributed by atoms with Crippen LogP contribution in [0.5, 0.6) is 11.5 Å². The van der Waals surface area contributed by atoms with Crippen molar-refractivity contribution in [2.75, 3.05) is 13.2 Å². The Hall–Kier alpha value is -4.11. The molecule has 0 spiro atoms. The Morgan fingerprint density at radius 2 is 1.62 bits per heavy atom. The minimum absolute atomic E-state index is 0.100. The van der Waals surface area contributed by atoms with Crippen LogP contribution >= 0.6 is 22.6 Å². The summed E-state index contributed by atoms with van der Waals surface area (Å²) in [5, 5.41) is 5.68. The van der Waals surface area contributed by atoms with Crippen molar-refractivity contribution < 1.29 is 23.8 Å². The molecule has 1 heterocycles. The maximum absolute atomic E-state index is 13.8. The van der Waals surface area contributed by atoms with Crippen LogP contribution in [0, 0.1) is 3.57 Å². The summed E-state index contributed by atoms with van der Waals surface area (Å²) in [7, 11) is 0. The fourth-order valence-electron chi connectivity index (χ4n) is 5.78. The number of esters is 1. The third-order valence-electron chi connectivity index (χ3n) is 7.61. The number of carbonyl (C=O) groups excluding carboxylic acids is 2. The first-order valence-electron chi connectivity index (χ1n) is 14.0. The standard InChI is InChI=1S/C35H30INO5/c1-4-40-28-18-24(17-27(36)34(28)42-19-21-14-15-22-10-6-7-11-23(22)16-21)30-29(35(39)41-5-2)20(3)37-32-25-12-8-9-13-26(25)33(38)31(30)32/h6-18,30,37H,4-5,19H2,1-3H3/t30-/m0/s1. The van der Waals surface area contributed by atoms with Crippen LogP contribution in [-0.4, -0.2) is 25.0 Å². The quantitative estimate of drug-likeness (QED) is 0.154. The molecule has 6 rings (SSSR count). The van der Waals surface area contributed by atoms with Gasteiger partial charge in [0.1, 0.15) is 6.61 Å². The molecule has 0 bridgehead atoms. The van der Waals surface area contributed by atoms with Crippen molar-refractivity contribution in [3.05, 3.63) is 122 Å². The van der Waals surface area contributed by atoms with E-state index in [4.69, 9.17) is 14.2 Å². The number of allylic oxidation sites excluding steroid dienone is 2. The first-order chi connectivity index (χ1) is 20.4. The van der Waals surface area contributed by atoms with Gasteiger partial charge < -0.3 is 19.5 Å². The molecule has 42 heavy (non-hydrogen) atoms. The Bertz CT molecular complexity index is 1800. The fraction of sp³-hybridized carbons (Fsp3) is 0.200. The van der Waals surface area contributed by atoms with Gasteiger partial charge in [0.05, 0.1) is 28.1 Å². The smallest absolute Gasteiger partial charge is 0.336 e. The van der Waals surface area contributed by atoms with Crippen molar-refractivity contribution in [3.63, 3.8) is 0 Å². The Kier molecular flexibility index (Phi) is 7.77. The predicted octanol–water partition coefficient (Wildman–Crippen LogP) is 7.55. The van der Waals surface area contributed by atoms with E-state index in [0.717, 1.165) is 31.3 Å². The molecule has 1 N–H and O–H groups in total. The van der Waals surface area contributed by atoms with E-state index in [1.165, 1.54) is 5.39 Å². The molecule has 0 saturated carbocycles. The second kappa shape index (κ2) is 11.6. The molecular weight excluding hydrogens is 641 g/mol. The van der Waals surface area contributed by atoms with Gasteiger partial charge >= 0.3 is 5.97 Å². The molecule has 0 amide bonds. The van der Waals surface area contributed by atoms with Crippen LogP contribution in [0.4, 0.5) is 0 Å². The van der Waals surface area contributed by atoms with Crippen LogP contribution < -0.4 is 14.8 Å². The number of Topliss-reactive ketones (excluding diaryl/α,β-unsaturated/α-hetero) is 1. The highest BCUT2D eigenvalue weighted by Gasteiger charge is 2.43. The minimum Gasteiger partial charge on any atom is -0.490 e. The topological polar surface area (TPSA) is 73.9 Å². The van der Waals surface area contributed by atoms with E-state index in [1.807, 2.05) is 62.4 Å². The maximum atomic E-state index is 13.8. The van der Waals surface area contributed by atoms with Gasteiger partial charge in [-0.25, -0.2) is 4.79 Å². The SMILES string of the molecule is CCOC(=O)C1=C(C)NC2=C(C(=O)c3ccccc32)[C@H]1c1cc(I)c(OCc2ccc3ccccc3c2)c(OCC)c1. The van der Waals surface area contributed by atoms with Gasteiger partial charge in [0.25, 0.3) is 0 Å². The lowest BCUT2D eigenvalue weighted by Gasteiger charge is -2.30. The Balaban J connectivity index is 1.42. The molecule has 6 nitrogen and oxygen atoms in total. The first kappa shape index (κ1) is 28.0. The van der Waals surface area contributed by atoms with E-state index < -0.39 is 11.9 Å². The van der Waals surface area contributed by atoms with Crippen molar-refractivity contribution in [3.8, 4) is 11.5 Å². The number of ketones is 1. The largest absolute Gasteiger partial charge is 0.490 e. The summed E-state index contributed by atoms with van der Waals surface area (Å²) in [6, 6.07) is 25.9. The third kappa shape index (κ3) is 4.96. The van der Waals surface area contributed by atoms with Crippen LogP contribution in [0.1, 0.15) is 53.7 Å². The van der Waals surface area contributed by atoms with Crippen molar-refractivity contribution in [1.29, 1.82) is 0 Å². The molecule has 1 aliphatic heterocycles. The van der Waals surface area contributed by atoms with E-state index in [0.29, 0.717) is 47.1 Å². The highest BCUT2D eigenvalue weighted by Crippen LogP contribution is 2.49. The predicted molar refractivity (Wildman–Crippen MR) is 172 cm³/mol. The summed E-state index contributed by atoms with van der Waals surface area (Å²) >= 11 is 2.24. The zero-order chi connectivity index (χ0) is 29.4. The van der Waals surface area contributed by atoms with Gasteiger partial charge in [-0.3, -0.25) is 4.79 Å². The molecule has 0 radical (unpaired) electrons. The van der Waals surface area contributed by atoms with Crippen LogP contribution in [0.15, 0.2) is 95.7 Å². The average Bonchev–Trinajstić information content (AvgIpc) is 3.27. The summed E-state index contributed by atoms with van der Waals surface area (Å²) in [5.41, 5.74) is 5.60. The van der Waals surface area contributed by atoms with Crippen molar-refractivity contribution in [1.82, 2.24) is 5.32 Å². The number of ether oxygens (including phenoxy) is 3. The monoisotopic (exact) mass is 671 g/mol. The number of benzene rings is 4. The lowest BCUT2D eigenvalue weighted by Crippen LogP contribution is -2.29. The van der Waals surface area contributed by atoms with Gasteiger partial charge in [-0.1, -0.05) is 60.7 Å². The summed E-state index contributed by atoms with van der Waals surface area (Å²) in [6.45, 7) is 6.57. The number of hydrogen-bond acceptors (Lipinski definition) is 6. The third-order valence-corrected chi connectivity index (χ3v) is 8.41. The zero-order valence-electron chi connectivity index (χ0n) is 23.6. The second-order valence-electron chi connectivity index (χ2n) is 10.2. The Labute approximate surface area is 258 Å². The number of fused-ring (bicyclic) bond motifs is 3. The summed E-state index contributed by atoms with van der Waals surface area (Å²) < 4.78 is 18.8. The van der Waals surface area contributed by atoms with Crippen LogP contribution in [0.3, 0.4) is 0 Å². The number of hydrogen-bond donors (Lipinski definition) is 1. The van der Waals surface area contributed by atoms with E-state index in [2.05, 4.69) is 58.2 Å². The molecule has 0 saturated heterocycles. The van der Waals surface area contributed by atoms with Gasteiger partial charge in [0.2, 0.25) is 0 Å². The molecule has 0 unspecified atom stereocenters. The normalized spacial score (nSPS) is 15.8. The molecule has 1 atom stereocenters. The van der Waals surface area contributed by atoms with Crippen molar-refractivity contribution in [2.24, 2.45) is 0 Å². The van der Waals surface area contributed by atoms with E-state index in [-0.39, 0.29) is 12.4 Å². The lowest BCUT2D eigenvalue weighted by atomic mass is 9.79. The lowest BCUT2D eigenvalue weighted by molar-refractivity contribution is -0.138. The van der Waals surface area contributed by atoms with Crippen LogP contribution in [0.25, 0.3) is 16.5 Å². The minimum atomic E-state index is -0.637. The molecule has 0 aromatic heterocycles. The average molecular weight is 672 g/mol. The summed E-state index contributed by atoms with van der Waals surface area (Å²) in [6.07, 6.45) is 0. The molecule has 4 aromatic carbocycles. The number of rotatable bonds is 8. The number of nitrogens with one attached hydrogen (secondary N) is 1. The van der Waals surface area contributed by atoms with Gasteiger partial charge in [0, 0.05) is 28.3 Å². The van der Waals surface area contributed by atoms with Gasteiger partial charge in [-0.15, -0.1) is 0 Å². The molecular formula is C35H30INO5. The Morgan fingerprint density at radius 3 is 2.38 bits per heavy atom. The van der Waals surface area contributed by atoms with Crippen LogP contribution in [-0.2, 0) is 16.1 Å². The highest BCUT2D eigenvalue weighted by atomic mass is 127. The fourth-order valence-corrected chi connectivity index (χ4v) is 6.56. The van der Waals surface area contributed by atoms with Crippen molar-refractivity contribution in [2.45, 2.75) is 33.3 Å². The summed E-state index contributed by atoms with van der Waals surface area (Å²) in [4.78, 5) is 27.2. The molecule has 7 heteroatoms. The molecule has 212 valence electrons. The van der Waals surface area contributed by atoms with E-state index in [9.17, 15) is 9.59 Å². The number of dihydropyridines is 1. The van der Waals surface area contributed by atoms with Gasteiger partial charge in [0.15, 0.2) is 17.3 Å². The second-order valence-corrected chi connectivity index (χ2v) is 11.4. The van der Waals surface area contributed by atoms with Crippen LogP contribution in [0.2, 0.25) is 0 Å². The number of carbonyl (C=O) groups is 2. The summed E-state index contributed by atoms with van der Waals surface area (Å²) in [5.74, 6) is -0.00604. The molecule has 2 aliphatic rings.